The maximum absolute atomic E-state index is 6.09. The summed E-state index contributed by atoms with van der Waals surface area (Å²) in [6, 6.07) is 57.8. The number of rotatable bonds is 7. The van der Waals surface area contributed by atoms with E-state index >= 15 is 0 Å². The zero-order valence-electron chi connectivity index (χ0n) is 28.0. The van der Waals surface area contributed by atoms with Crippen LogP contribution in [0, 0.1) is 0 Å². The lowest BCUT2D eigenvalue weighted by atomic mass is 9.93. The van der Waals surface area contributed by atoms with Gasteiger partial charge in [-0.3, -0.25) is 0 Å². The molecule has 10 rings (SSSR count). The van der Waals surface area contributed by atoms with E-state index in [1.165, 1.54) is 52.7 Å². The van der Waals surface area contributed by atoms with Crippen LogP contribution in [0.25, 0.3) is 86.3 Å². The van der Waals surface area contributed by atoms with Crippen molar-refractivity contribution in [3.8, 4) is 33.2 Å². The Balaban J connectivity index is 1.03. The van der Waals surface area contributed by atoms with Gasteiger partial charge in [0.2, 0.25) is 5.89 Å². The summed E-state index contributed by atoms with van der Waals surface area (Å²) < 4.78 is 9.96. The fourth-order valence-electron chi connectivity index (χ4n) is 7.08. The molecule has 0 fully saturated rings. The van der Waals surface area contributed by atoms with Crippen LogP contribution in [0.1, 0.15) is 16.7 Å². The molecule has 3 nitrogen and oxygen atoms in total. The second kappa shape index (κ2) is 12.9. The molecule has 0 spiro atoms. The molecule has 0 aliphatic rings. The van der Waals surface area contributed by atoms with Crippen LogP contribution in [0.3, 0.4) is 0 Å². The van der Waals surface area contributed by atoms with E-state index < -0.39 is 0 Å². The van der Waals surface area contributed by atoms with E-state index in [1.54, 1.807) is 11.3 Å². The van der Waals surface area contributed by atoms with Crippen LogP contribution in [-0.4, -0.2) is 9.97 Å². The number of aromatic nitrogens is 2. The molecular formula is C47H30N2OS2. The highest BCUT2D eigenvalue weighted by Crippen LogP contribution is 2.39. The van der Waals surface area contributed by atoms with Crippen molar-refractivity contribution >= 4 is 75.8 Å². The van der Waals surface area contributed by atoms with Crippen LogP contribution in [0.15, 0.2) is 168 Å². The molecule has 0 radical (unpaired) electrons. The SMILES string of the molecule is C(=C(\Cc1cccc2c1sc1ccccc12)c1ccc(-c2nc3ccccc3o2)cc1)/c1ccc(-c2ccccc2-c2nc3ccccc3s2)cc1. The monoisotopic (exact) mass is 702 g/mol. The summed E-state index contributed by atoms with van der Waals surface area (Å²) in [5, 5.41) is 3.68. The van der Waals surface area contributed by atoms with Crippen LogP contribution in [0.4, 0.5) is 0 Å². The van der Waals surface area contributed by atoms with E-state index in [0.717, 1.165) is 44.7 Å². The average molecular weight is 703 g/mol. The number of oxazole rings is 1. The van der Waals surface area contributed by atoms with Gasteiger partial charge < -0.3 is 4.42 Å². The van der Waals surface area contributed by atoms with Crippen molar-refractivity contribution in [1.82, 2.24) is 9.97 Å². The van der Waals surface area contributed by atoms with E-state index in [0.29, 0.717) is 5.89 Å². The zero-order chi connectivity index (χ0) is 34.4. The lowest BCUT2D eigenvalue weighted by Crippen LogP contribution is -1.93. The highest BCUT2D eigenvalue weighted by Gasteiger charge is 2.15. The number of nitrogens with zero attached hydrogens (tertiary/aromatic N) is 2. The number of hydrogen-bond donors (Lipinski definition) is 0. The van der Waals surface area contributed by atoms with Crippen molar-refractivity contribution in [3.05, 3.63) is 180 Å². The third kappa shape index (κ3) is 5.61. The summed E-state index contributed by atoms with van der Waals surface area (Å²) in [6.07, 6.45) is 3.14. The Bertz CT molecular complexity index is 2860. The molecule has 10 aromatic rings. The van der Waals surface area contributed by atoms with Crippen LogP contribution in [0.5, 0.6) is 0 Å². The number of para-hydroxylation sites is 3. The Labute approximate surface area is 308 Å². The lowest BCUT2D eigenvalue weighted by molar-refractivity contribution is 0.620. The number of allylic oxidation sites excluding steroid dienone is 1. The van der Waals surface area contributed by atoms with Crippen LogP contribution in [-0.2, 0) is 6.42 Å². The van der Waals surface area contributed by atoms with Gasteiger partial charge in [0.25, 0.3) is 0 Å². The summed E-state index contributed by atoms with van der Waals surface area (Å²) in [5.74, 6) is 0.634. The van der Waals surface area contributed by atoms with Gasteiger partial charge in [0.05, 0.1) is 10.2 Å². The standard InChI is InChI=1S/C47H30N2OS2/c1-2-13-39(47-49-41-16-5-8-19-44(41)52-47)36(11-1)32-22-20-30(21-23-32)28-35(29-34-10-9-14-38-37-12-3-7-18-43(37)51-45(34)38)31-24-26-33(27-25-31)46-48-40-15-4-6-17-42(40)50-46/h1-28H,29H2/b35-28-. The zero-order valence-corrected chi connectivity index (χ0v) is 29.6. The lowest BCUT2D eigenvalue weighted by Gasteiger charge is -2.12. The topological polar surface area (TPSA) is 38.9 Å². The Kier molecular flexibility index (Phi) is 7.59. The molecule has 0 amide bonds. The third-order valence-electron chi connectivity index (χ3n) is 9.68. The molecule has 52 heavy (non-hydrogen) atoms. The minimum atomic E-state index is 0.634. The molecule has 7 aromatic carbocycles. The van der Waals surface area contributed by atoms with Crippen molar-refractivity contribution in [2.24, 2.45) is 0 Å². The van der Waals surface area contributed by atoms with E-state index in [1.807, 2.05) is 41.7 Å². The highest BCUT2D eigenvalue weighted by atomic mass is 32.1. The molecule has 0 saturated carbocycles. The fourth-order valence-corrected chi connectivity index (χ4v) is 9.30. The van der Waals surface area contributed by atoms with Gasteiger partial charge in [-0.2, -0.15) is 0 Å². The molecule has 246 valence electrons. The Morgan fingerprint density at radius 3 is 2.06 bits per heavy atom. The molecule has 0 atom stereocenters. The average Bonchev–Trinajstić information content (AvgIpc) is 3.94. The molecular weight excluding hydrogens is 673 g/mol. The molecule has 0 aliphatic heterocycles. The summed E-state index contributed by atoms with van der Waals surface area (Å²) in [5.41, 5.74) is 12.1. The van der Waals surface area contributed by atoms with Crippen LogP contribution >= 0.6 is 22.7 Å². The van der Waals surface area contributed by atoms with Gasteiger partial charge in [-0.05, 0) is 82.3 Å². The summed E-state index contributed by atoms with van der Waals surface area (Å²) in [4.78, 5) is 9.71. The van der Waals surface area contributed by atoms with Gasteiger partial charge in [-0.25, -0.2) is 9.97 Å². The first-order chi connectivity index (χ1) is 25.7. The molecule has 0 bridgehead atoms. The first-order valence-corrected chi connectivity index (χ1v) is 19.0. The smallest absolute Gasteiger partial charge is 0.227 e. The number of fused-ring (bicyclic) bond motifs is 5. The van der Waals surface area contributed by atoms with Crippen molar-refractivity contribution in [2.45, 2.75) is 6.42 Å². The van der Waals surface area contributed by atoms with Crippen molar-refractivity contribution in [1.29, 1.82) is 0 Å². The van der Waals surface area contributed by atoms with Gasteiger partial charge in [0, 0.05) is 31.3 Å². The van der Waals surface area contributed by atoms with Gasteiger partial charge in [0.15, 0.2) is 5.58 Å². The quantitative estimate of drug-likeness (QED) is 0.155. The molecule has 3 heterocycles. The van der Waals surface area contributed by atoms with E-state index in [4.69, 9.17) is 14.4 Å². The maximum Gasteiger partial charge on any atom is 0.227 e. The fraction of sp³-hybridized carbons (Fsp3) is 0.0213. The molecule has 5 heteroatoms. The highest BCUT2D eigenvalue weighted by molar-refractivity contribution is 7.26. The van der Waals surface area contributed by atoms with Crippen LogP contribution < -0.4 is 0 Å². The van der Waals surface area contributed by atoms with Crippen molar-refractivity contribution in [3.63, 3.8) is 0 Å². The van der Waals surface area contributed by atoms with Crippen LogP contribution in [0.2, 0.25) is 0 Å². The minimum Gasteiger partial charge on any atom is -0.436 e. The number of benzene rings is 7. The predicted octanol–water partition coefficient (Wildman–Crippen LogP) is 13.6. The second-order valence-corrected chi connectivity index (χ2v) is 15.0. The van der Waals surface area contributed by atoms with E-state index in [9.17, 15) is 0 Å². The Morgan fingerprint density at radius 1 is 0.538 bits per heavy atom. The molecule has 3 aromatic heterocycles. The molecule has 0 N–H and O–H groups in total. The summed E-state index contributed by atoms with van der Waals surface area (Å²) in [6.45, 7) is 0. The van der Waals surface area contributed by atoms with Crippen molar-refractivity contribution < 1.29 is 4.42 Å². The van der Waals surface area contributed by atoms with Gasteiger partial charge in [-0.15, -0.1) is 22.7 Å². The number of thiazole rings is 1. The molecule has 0 unspecified atom stereocenters. The summed E-state index contributed by atoms with van der Waals surface area (Å²) in [7, 11) is 0. The Morgan fingerprint density at radius 2 is 1.23 bits per heavy atom. The largest absolute Gasteiger partial charge is 0.436 e. The van der Waals surface area contributed by atoms with Crippen molar-refractivity contribution in [2.75, 3.05) is 0 Å². The maximum atomic E-state index is 6.09. The second-order valence-electron chi connectivity index (χ2n) is 13.0. The third-order valence-corrected chi connectivity index (χ3v) is 12.0. The van der Waals surface area contributed by atoms with E-state index in [-0.39, 0.29) is 0 Å². The summed E-state index contributed by atoms with van der Waals surface area (Å²) >= 11 is 3.62. The minimum absolute atomic E-state index is 0.634. The first kappa shape index (κ1) is 30.7. The van der Waals surface area contributed by atoms with Gasteiger partial charge in [-0.1, -0.05) is 127 Å². The first-order valence-electron chi connectivity index (χ1n) is 17.3. The number of thiophene rings is 1. The Hall–Kier alpha value is -6.14. The van der Waals surface area contributed by atoms with E-state index in [2.05, 4.69) is 140 Å². The molecule has 0 aliphatic carbocycles. The molecule has 0 saturated heterocycles. The predicted molar refractivity (Wildman–Crippen MR) is 221 cm³/mol. The van der Waals surface area contributed by atoms with Gasteiger partial charge >= 0.3 is 0 Å². The van der Waals surface area contributed by atoms with Gasteiger partial charge in [0.1, 0.15) is 10.5 Å². The number of hydrogen-bond acceptors (Lipinski definition) is 5. The normalized spacial score (nSPS) is 12.0.